The number of fused-ring (bicyclic) bond motifs is 4. The van der Waals surface area contributed by atoms with Crippen molar-refractivity contribution in [3.8, 4) is 45.4 Å². The van der Waals surface area contributed by atoms with Crippen LogP contribution in [0.5, 0.6) is 11.8 Å². The molecule has 1 aliphatic carbocycles. The lowest BCUT2D eigenvalue weighted by molar-refractivity contribution is -0.143. The number of nitrogens with zero attached hydrogens (tertiary/aromatic N) is 10. The van der Waals surface area contributed by atoms with E-state index in [1.165, 1.54) is 22.8 Å². The van der Waals surface area contributed by atoms with E-state index in [0.717, 1.165) is 48.2 Å². The summed E-state index contributed by atoms with van der Waals surface area (Å²) >= 11 is 0. The lowest BCUT2D eigenvalue weighted by atomic mass is 9.88. The third-order valence-electron chi connectivity index (χ3n) is 17.0. The lowest BCUT2D eigenvalue weighted by Crippen LogP contribution is -2.50. The summed E-state index contributed by atoms with van der Waals surface area (Å²) in [4.78, 5) is 42.4. The Hall–Kier alpha value is -7.99. The highest BCUT2D eigenvalue weighted by Gasteiger charge is 2.44. The maximum atomic E-state index is 16.1. The number of aliphatic hydroxyl groups excluding tert-OH is 2. The molecule has 7 heterocycles. The third-order valence-corrected chi connectivity index (χ3v) is 17.0. The van der Waals surface area contributed by atoms with Crippen LogP contribution in [0.15, 0.2) is 85.3 Å². The highest BCUT2D eigenvalue weighted by Crippen LogP contribution is 2.53. The molecule has 8 aromatic rings. The summed E-state index contributed by atoms with van der Waals surface area (Å²) in [5, 5.41) is 50.4. The Kier molecular flexibility index (Phi) is 15.6. The number of benzene rings is 4. The maximum Gasteiger partial charge on any atom is 0.319 e. The van der Waals surface area contributed by atoms with Crippen LogP contribution < -0.4 is 25.0 Å². The molecule has 1 saturated carbocycles. The number of aromatic nitrogens is 9. The largest absolute Gasteiger partial charge is 0.486 e. The first-order valence-electron chi connectivity index (χ1n) is 28.7. The number of β-amino-alcohol motifs (C(OH)–C–C–N with tert-alkyl or cyclic N) is 1. The molecular weight excluding hydrogens is 1080 g/mol. The van der Waals surface area contributed by atoms with Crippen LogP contribution in [0.1, 0.15) is 93.6 Å². The molecule has 23 heteroatoms. The first-order valence-corrected chi connectivity index (χ1v) is 28.7. The third kappa shape index (κ3) is 10.8. The molecule has 3 saturated heterocycles. The molecule has 8 atom stereocenters. The number of aryl methyl sites for hydroxylation is 1. The van der Waals surface area contributed by atoms with E-state index < -0.39 is 67.1 Å². The molecule has 20 nitrogen and oxygen atoms in total. The molecule has 4 aromatic carbocycles. The fraction of sp³-hybridized carbons (Fsp3) is 0.443. The number of ether oxygens (including phenoxy) is 3. The van der Waals surface area contributed by atoms with Gasteiger partial charge in [-0.05, 0) is 97.9 Å². The lowest BCUT2D eigenvalue weighted by Gasteiger charge is -2.31. The molecule has 0 spiro atoms. The highest BCUT2D eigenvalue weighted by atomic mass is 19.3. The number of halogens is 3. The van der Waals surface area contributed by atoms with Gasteiger partial charge >= 0.3 is 6.01 Å². The summed E-state index contributed by atoms with van der Waals surface area (Å²) in [6, 6.07) is 18.0. The number of amides is 2. The summed E-state index contributed by atoms with van der Waals surface area (Å²) in [6.45, 7) is 10.6. The van der Waals surface area contributed by atoms with E-state index in [0.29, 0.717) is 80.0 Å². The van der Waals surface area contributed by atoms with Gasteiger partial charge in [-0.2, -0.15) is 20.2 Å². The summed E-state index contributed by atoms with van der Waals surface area (Å²) in [5.41, 5.74) is 7.91. The van der Waals surface area contributed by atoms with Gasteiger partial charge in [-0.25, -0.2) is 17.9 Å². The van der Waals surface area contributed by atoms with E-state index in [1.54, 1.807) is 32.4 Å². The highest BCUT2D eigenvalue weighted by molar-refractivity contribution is 6.06. The number of aliphatic hydroxyl groups is 2. The number of nitrogens with one attached hydrogen (secondary N) is 3. The normalized spacial score (nSPS) is 20.2. The topological polar surface area (TPSA) is 236 Å². The second-order valence-corrected chi connectivity index (χ2v) is 23.0. The van der Waals surface area contributed by atoms with Crippen LogP contribution in [0, 0.1) is 18.7 Å². The molecule has 0 radical (unpaired) electrons. The molecule has 3 aliphatic heterocycles. The molecule has 5 N–H and O–H groups in total. The second-order valence-electron chi connectivity index (χ2n) is 23.0. The predicted molar refractivity (Wildman–Crippen MR) is 307 cm³/mol. The van der Waals surface area contributed by atoms with Crippen molar-refractivity contribution in [3.63, 3.8) is 0 Å². The molecule has 12 rings (SSSR count). The van der Waals surface area contributed by atoms with Crippen LogP contribution in [0.25, 0.3) is 55.4 Å². The van der Waals surface area contributed by atoms with Crippen LogP contribution in [0.4, 0.5) is 19.0 Å². The number of aromatic amines is 1. The second kappa shape index (κ2) is 23.2. The van der Waals surface area contributed by atoms with E-state index in [-0.39, 0.29) is 49.5 Å². The number of H-pyrrole nitrogens is 1. The number of hydrogen-bond donors (Lipinski definition) is 5. The van der Waals surface area contributed by atoms with Crippen LogP contribution in [0.2, 0.25) is 0 Å². The minimum absolute atomic E-state index is 0.0100. The van der Waals surface area contributed by atoms with Gasteiger partial charge in [0.25, 0.3) is 6.43 Å². The number of likely N-dealkylation sites (tertiary alicyclic amines) is 1. The minimum Gasteiger partial charge on any atom is -0.486 e. The van der Waals surface area contributed by atoms with Crippen LogP contribution in [-0.4, -0.2) is 148 Å². The maximum absolute atomic E-state index is 16.1. The van der Waals surface area contributed by atoms with E-state index in [9.17, 15) is 28.6 Å². The van der Waals surface area contributed by atoms with Crippen molar-refractivity contribution in [3.05, 3.63) is 113 Å². The number of piperazine rings is 1. The Morgan fingerprint density at radius 2 is 1.71 bits per heavy atom. The quantitative estimate of drug-likeness (QED) is 0.0461. The zero-order chi connectivity index (χ0) is 58.7. The number of rotatable bonds is 21. The van der Waals surface area contributed by atoms with Gasteiger partial charge in [0.15, 0.2) is 11.9 Å². The van der Waals surface area contributed by atoms with Crippen molar-refractivity contribution in [1.82, 2.24) is 60.5 Å². The average Bonchev–Trinajstić information content (AvgIpc) is 1.46. The van der Waals surface area contributed by atoms with E-state index in [1.807, 2.05) is 80.1 Å². The molecule has 1 unspecified atom stereocenters. The molecular formula is C61H68F3N13O7. The monoisotopic (exact) mass is 1150 g/mol. The summed E-state index contributed by atoms with van der Waals surface area (Å²) < 4.78 is 65.6. The smallest absolute Gasteiger partial charge is 0.319 e. The van der Waals surface area contributed by atoms with E-state index in [4.69, 9.17) is 24.2 Å². The van der Waals surface area contributed by atoms with Crippen LogP contribution in [0.3, 0.4) is 0 Å². The Balaban J connectivity index is 0.826. The minimum atomic E-state index is -2.82. The van der Waals surface area contributed by atoms with Gasteiger partial charge in [-0.15, -0.1) is 5.10 Å². The van der Waals surface area contributed by atoms with Crippen LogP contribution >= 0.6 is 0 Å². The van der Waals surface area contributed by atoms with Gasteiger partial charge in [0.1, 0.15) is 48.1 Å². The number of anilines is 1. The van der Waals surface area contributed by atoms with E-state index in [2.05, 4.69) is 47.2 Å². The summed E-state index contributed by atoms with van der Waals surface area (Å²) in [7, 11) is 1.20. The van der Waals surface area contributed by atoms with Gasteiger partial charge in [0.2, 0.25) is 11.8 Å². The first kappa shape index (κ1) is 56.5. The molecule has 2 bridgehead atoms. The fourth-order valence-electron chi connectivity index (χ4n) is 12.4. The number of methoxy groups -OCH3 is 1. The zero-order valence-electron chi connectivity index (χ0n) is 47.5. The Morgan fingerprint density at radius 3 is 2.39 bits per heavy atom. The van der Waals surface area contributed by atoms with Crippen molar-refractivity contribution >= 4 is 39.4 Å². The molecule has 4 aromatic heterocycles. The van der Waals surface area contributed by atoms with Crippen LogP contribution in [-0.2, 0) is 27.5 Å². The van der Waals surface area contributed by atoms with Crippen molar-refractivity contribution < 1.29 is 47.2 Å². The standard InChI is InChI=1S/C61H68F3N13O7/c1-7-76-48(18-19-67-76)37-14-16-38(17-15-37)53(33(5)78)68-59(80)49-21-41(79)27-75(49)60(81)55(31(2)3)77-28-47(72-73-77)36-10-8-34(9-11-36)29-83-56-52(51-32(4)45(62)23-46-44(51)25-66-71-46)42(35-12-13-35)22-43-54(56)69-61(84-30-50(82-6)57(63)64)70-58(43)74-26-39-20-40(74)24-65-39/h8-11,14-19,22-23,25,28,31,33,35,39-41,49-50,53,55,57,65,78-79H,7,12-13,20-21,24,26-27,29-30H2,1-6H3,(H,66,71)(H,68,80)/t33-,39-,40-,41+,49-,50?,53-,55-/m0/s1. The number of hydrogen-bond acceptors (Lipinski definition) is 15. The van der Waals surface area contributed by atoms with Gasteiger partial charge in [-0.1, -0.05) is 67.6 Å². The van der Waals surface area contributed by atoms with E-state index >= 15 is 4.39 Å². The molecule has 84 heavy (non-hydrogen) atoms. The van der Waals surface area contributed by atoms with Crippen molar-refractivity contribution in [2.75, 3.05) is 38.3 Å². The number of carbonyl (C=O) groups is 2. The first-order chi connectivity index (χ1) is 40.6. The predicted octanol–water partition coefficient (Wildman–Crippen LogP) is 7.83. The van der Waals surface area contributed by atoms with Gasteiger partial charge in [-0.3, -0.25) is 19.4 Å². The fourth-order valence-corrected chi connectivity index (χ4v) is 12.4. The van der Waals surface area contributed by atoms with Gasteiger partial charge < -0.3 is 44.9 Å². The van der Waals surface area contributed by atoms with Gasteiger partial charge in [0, 0.05) is 85.5 Å². The SMILES string of the molecule is CCn1nccc1-c1ccc([C@@H](NC(=O)[C@@H]2C[C@@H](O)CN2C(=O)[C@H](C(C)C)n2cc(-c3ccc(COc4c(-c5c(C)c(F)cc6[nH]ncc56)c(C5CC5)cc5c(N6C[C@@H]7C[C@H]6CN7)nc(OCC(OC)C(F)F)nc45)cc3)nn2)[C@H](C)O)cc1. The Morgan fingerprint density at radius 1 is 0.940 bits per heavy atom. The molecule has 4 aliphatic rings. The van der Waals surface area contributed by atoms with Crippen molar-refractivity contribution in [2.24, 2.45) is 5.92 Å². The molecule has 440 valence electrons. The van der Waals surface area contributed by atoms with Gasteiger partial charge in [0.05, 0.1) is 41.9 Å². The summed E-state index contributed by atoms with van der Waals surface area (Å²) in [6.07, 6.45) is 1.51. The zero-order valence-corrected chi connectivity index (χ0v) is 47.5. The van der Waals surface area contributed by atoms with Crippen molar-refractivity contribution in [2.45, 2.75) is 134 Å². The Labute approximate surface area is 482 Å². The molecule has 4 fully saturated rings. The number of carbonyl (C=O) groups excluding carboxylic acids is 2. The molecule has 2 amide bonds. The number of alkyl halides is 2. The average molecular weight is 1150 g/mol. The Bertz CT molecular complexity index is 3720. The summed E-state index contributed by atoms with van der Waals surface area (Å²) in [5.74, 6) is -0.594. The van der Waals surface area contributed by atoms with Crippen molar-refractivity contribution in [1.29, 1.82) is 0 Å².